The van der Waals surface area contributed by atoms with Gasteiger partial charge in [0, 0.05) is 12.1 Å². The maximum atomic E-state index is 6.60. The molecule has 0 heterocycles. The van der Waals surface area contributed by atoms with Crippen molar-refractivity contribution < 1.29 is 0 Å². The van der Waals surface area contributed by atoms with E-state index in [9.17, 15) is 0 Å². The van der Waals surface area contributed by atoms with E-state index in [1.54, 1.807) is 0 Å². The van der Waals surface area contributed by atoms with E-state index in [0.29, 0.717) is 11.8 Å². The second kappa shape index (κ2) is 9.97. The van der Waals surface area contributed by atoms with E-state index in [1.807, 2.05) is 0 Å². The normalized spacial score (nSPS) is 17.2. The quantitative estimate of drug-likeness (QED) is 0.681. The molecule has 1 rings (SSSR count). The van der Waals surface area contributed by atoms with Gasteiger partial charge in [0.15, 0.2) is 0 Å². The molecule has 2 nitrogen and oxygen atoms in total. The first-order chi connectivity index (χ1) is 10.1. The Hall–Kier alpha value is -0.860. The summed E-state index contributed by atoms with van der Waals surface area (Å²) in [6.07, 6.45) is 6.92. The van der Waals surface area contributed by atoms with Crippen LogP contribution in [0.1, 0.15) is 58.4 Å². The van der Waals surface area contributed by atoms with Crippen LogP contribution < -0.4 is 11.5 Å². The molecule has 0 amide bonds. The maximum absolute atomic E-state index is 6.60. The van der Waals surface area contributed by atoms with Crippen LogP contribution in [0.4, 0.5) is 0 Å². The molecule has 2 heteroatoms. The molecule has 4 atom stereocenters. The van der Waals surface area contributed by atoms with Crippen LogP contribution in [0, 0.1) is 11.8 Å². The maximum Gasteiger partial charge on any atom is 0.0123 e. The highest BCUT2D eigenvalue weighted by atomic mass is 14.7. The van der Waals surface area contributed by atoms with E-state index in [2.05, 4.69) is 51.1 Å². The van der Waals surface area contributed by atoms with Gasteiger partial charge in [-0.1, -0.05) is 76.8 Å². The fraction of sp³-hybridized carbons (Fsp3) is 0.684. The lowest BCUT2D eigenvalue weighted by Crippen LogP contribution is -2.47. The minimum atomic E-state index is 0.156. The van der Waals surface area contributed by atoms with Gasteiger partial charge in [-0.15, -0.1) is 0 Å². The van der Waals surface area contributed by atoms with Gasteiger partial charge in [-0.25, -0.2) is 0 Å². The zero-order valence-corrected chi connectivity index (χ0v) is 14.1. The lowest BCUT2D eigenvalue weighted by atomic mass is 9.78. The topological polar surface area (TPSA) is 52.0 Å². The SMILES string of the molecule is CCCCC(CC)C(N)C(CC)C(N)Cc1ccccc1. The van der Waals surface area contributed by atoms with Gasteiger partial charge in [-0.05, 0) is 30.2 Å². The van der Waals surface area contributed by atoms with Crippen molar-refractivity contribution in [1.82, 2.24) is 0 Å². The molecular formula is C19H34N2. The van der Waals surface area contributed by atoms with Crippen LogP contribution >= 0.6 is 0 Å². The van der Waals surface area contributed by atoms with Crippen molar-refractivity contribution in [3.05, 3.63) is 35.9 Å². The van der Waals surface area contributed by atoms with Crippen molar-refractivity contribution in [3.63, 3.8) is 0 Å². The van der Waals surface area contributed by atoms with Crippen LogP contribution in [0.2, 0.25) is 0 Å². The van der Waals surface area contributed by atoms with E-state index in [-0.39, 0.29) is 12.1 Å². The zero-order valence-electron chi connectivity index (χ0n) is 14.1. The van der Waals surface area contributed by atoms with Gasteiger partial charge >= 0.3 is 0 Å². The summed E-state index contributed by atoms with van der Waals surface area (Å²) in [5.41, 5.74) is 14.4. The molecule has 0 spiro atoms. The van der Waals surface area contributed by atoms with E-state index in [0.717, 1.165) is 19.3 Å². The summed E-state index contributed by atoms with van der Waals surface area (Å²) < 4.78 is 0. The van der Waals surface area contributed by atoms with Crippen molar-refractivity contribution in [2.75, 3.05) is 0 Å². The molecule has 21 heavy (non-hydrogen) atoms. The molecule has 0 fully saturated rings. The van der Waals surface area contributed by atoms with Crippen molar-refractivity contribution in [3.8, 4) is 0 Å². The molecule has 0 aliphatic rings. The third-order valence-electron chi connectivity index (χ3n) is 4.83. The Bertz CT molecular complexity index is 363. The van der Waals surface area contributed by atoms with Crippen LogP contribution in [0.3, 0.4) is 0 Å². The Morgan fingerprint density at radius 3 is 2.14 bits per heavy atom. The van der Waals surface area contributed by atoms with Crippen LogP contribution in [0.25, 0.3) is 0 Å². The average molecular weight is 290 g/mol. The number of hydrogen-bond acceptors (Lipinski definition) is 2. The zero-order chi connectivity index (χ0) is 15.7. The average Bonchev–Trinajstić information content (AvgIpc) is 2.49. The van der Waals surface area contributed by atoms with Crippen molar-refractivity contribution in [2.24, 2.45) is 23.3 Å². The standard InChI is InChI=1S/C19H34N2/c1-4-7-13-16(5-2)19(21)17(6-3)18(20)14-15-11-9-8-10-12-15/h8-12,16-19H,4-7,13-14,20-21H2,1-3H3. The van der Waals surface area contributed by atoms with E-state index >= 15 is 0 Å². The van der Waals surface area contributed by atoms with Gasteiger partial charge in [0.05, 0.1) is 0 Å². The first kappa shape index (κ1) is 18.2. The lowest BCUT2D eigenvalue weighted by molar-refractivity contribution is 0.242. The summed E-state index contributed by atoms with van der Waals surface area (Å²) in [4.78, 5) is 0. The fourth-order valence-corrected chi connectivity index (χ4v) is 3.38. The Balaban J connectivity index is 2.66. The van der Waals surface area contributed by atoms with Crippen LogP contribution in [-0.4, -0.2) is 12.1 Å². The first-order valence-electron chi connectivity index (χ1n) is 8.69. The molecule has 0 aliphatic carbocycles. The summed E-state index contributed by atoms with van der Waals surface area (Å²) in [5.74, 6) is 1.02. The van der Waals surface area contributed by atoms with Gasteiger partial charge < -0.3 is 11.5 Å². The van der Waals surface area contributed by atoms with Crippen LogP contribution in [-0.2, 0) is 6.42 Å². The lowest BCUT2D eigenvalue weighted by Gasteiger charge is -2.34. The molecule has 0 radical (unpaired) electrons. The summed E-state index contributed by atoms with van der Waals surface area (Å²) in [6, 6.07) is 10.9. The largest absolute Gasteiger partial charge is 0.327 e. The summed E-state index contributed by atoms with van der Waals surface area (Å²) in [6.45, 7) is 6.73. The molecule has 0 saturated carbocycles. The molecule has 4 unspecified atom stereocenters. The van der Waals surface area contributed by atoms with Crippen molar-refractivity contribution >= 4 is 0 Å². The van der Waals surface area contributed by atoms with E-state index in [1.165, 1.54) is 24.8 Å². The summed E-state index contributed by atoms with van der Waals surface area (Å²) >= 11 is 0. The number of rotatable bonds is 10. The van der Waals surface area contributed by atoms with Gasteiger partial charge in [0.2, 0.25) is 0 Å². The molecule has 0 aliphatic heterocycles. The second-order valence-electron chi connectivity index (χ2n) is 6.31. The summed E-state index contributed by atoms with van der Waals surface area (Å²) in [7, 11) is 0. The molecule has 0 saturated heterocycles. The minimum absolute atomic E-state index is 0.156. The van der Waals surface area contributed by atoms with Gasteiger partial charge in [0.25, 0.3) is 0 Å². The van der Waals surface area contributed by atoms with Gasteiger partial charge in [-0.2, -0.15) is 0 Å². The highest BCUT2D eigenvalue weighted by molar-refractivity contribution is 5.16. The molecule has 120 valence electrons. The van der Waals surface area contributed by atoms with Gasteiger partial charge in [0.1, 0.15) is 0 Å². The second-order valence-corrected chi connectivity index (χ2v) is 6.31. The highest BCUT2D eigenvalue weighted by Crippen LogP contribution is 2.25. The summed E-state index contributed by atoms with van der Waals surface area (Å²) in [5, 5.41) is 0. The molecule has 1 aromatic carbocycles. The van der Waals surface area contributed by atoms with E-state index < -0.39 is 0 Å². The van der Waals surface area contributed by atoms with E-state index in [4.69, 9.17) is 11.5 Å². The first-order valence-corrected chi connectivity index (χ1v) is 8.69. The minimum Gasteiger partial charge on any atom is -0.327 e. The molecule has 0 aromatic heterocycles. The predicted octanol–water partition coefficient (Wildman–Crippen LogP) is 4.13. The fourth-order valence-electron chi connectivity index (χ4n) is 3.38. The van der Waals surface area contributed by atoms with Crippen molar-refractivity contribution in [2.45, 2.75) is 71.4 Å². The van der Waals surface area contributed by atoms with Crippen molar-refractivity contribution in [1.29, 1.82) is 0 Å². The predicted molar refractivity (Wildman–Crippen MR) is 93.2 cm³/mol. The monoisotopic (exact) mass is 290 g/mol. The Kier molecular flexibility index (Phi) is 8.63. The third-order valence-corrected chi connectivity index (χ3v) is 4.83. The Labute approximate surface area is 131 Å². The number of benzene rings is 1. The Morgan fingerprint density at radius 2 is 1.62 bits per heavy atom. The smallest absolute Gasteiger partial charge is 0.0123 e. The highest BCUT2D eigenvalue weighted by Gasteiger charge is 2.28. The molecular weight excluding hydrogens is 256 g/mol. The number of hydrogen-bond donors (Lipinski definition) is 2. The third kappa shape index (κ3) is 5.80. The molecule has 1 aromatic rings. The number of nitrogens with two attached hydrogens (primary N) is 2. The Morgan fingerprint density at radius 1 is 0.952 bits per heavy atom. The number of unbranched alkanes of at least 4 members (excludes halogenated alkanes) is 1. The molecule has 0 bridgehead atoms. The van der Waals surface area contributed by atoms with Crippen LogP contribution in [0.15, 0.2) is 30.3 Å². The van der Waals surface area contributed by atoms with Crippen LogP contribution in [0.5, 0.6) is 0 Å². The molecule has 4 N–H and O–H groups in total. The van der Waals surface area contributed by atoms with Gasteiger partial charge in [-0.3, -0.25) is 0 Å².